The van der Waals surface area contributed by atoms with Gasteiger partial charge in [0.25, 0.3) is 11.6 Å². The van der Waals surface area contributed by atoms with Crippen LogP contribution in [0.15, 0.2) is 54.6 Å². The zero-order chi connectivity index (χ0) is 20.7. The van der Waals surface area contributed by atoms with Crippen LogP contribution in [0.5, 0.6) is 0 Å². The van der Waals surface area contributed by atoms with Crippen molar-refractivity contribution in [1.29, 1.82) is 0 Å². The van der Waals surface area contributed by atoms with E-state index in [1.165, 1.54) is 35.3 Å². The standard InChI is InChI=1S/C19H18N4O4S/c1-22(2)18(25)14-7-9-15(10-8-14)20-19(28)21-17(24)11-6-13-4-3-5-16(12-13)23(26)27/h3-12H,1-2H3,(H2,20,21,24,28)/b11-6+. The minimum Gasteiger partial charge on any atom is -0.345 e. The first-order chi connectivity index (χ1) is 13.3. The molecule has 0 fully saturated rings. The van der Waals surface area contributed by atoms with Gasteiger partial charge in [-0.3, -0.25) is 25.0 Å². The molecule has 2 rings (SSSR count). The summed E-state index contributed by atoms with van der Waals surface area (Å²) in [5.41, 5.74) is 1.61. The number of thiocarbonyl (C=S) groups is 1. The van der Waals surface area contributed by atoms with Gasteiger partial charge in [-0.25, -0.2) is 0 Å². The summed E-state index contributed by atoms with van der Waals surface area (Å²) in [4.78, 5) is 35.5. The molecule has 2 aromatic carbocycles. The second-order valence-corrected chi connectivity index (χ2v) is 6.31. The van der Waals surface area contributed by atoms with E-state index in [9.17, 15) is 19.7 Å². The Morgan fingerprint density at radius 1 is 1.14 bits per heavy atom. The molecule has 0 spiro atoms. The third kappa shape index (κ3) is 5.99. The predicted octanol–water partition coefficient (Wildman–Crippen LogP) is 2.82. The number of amides is 2. The molecule has 9 heteroatoms. The van der Waals surface area contributed by atoms with Gasteiger partial charge in [0.1, 0.15) is 0 Å². The fourth-order valence-corrected chi connectivity index (χ4v) is 2.40. The Bertz CT molecular complexity index is 939. The molecule has 0 aromatic heterocycles. The van der Waals surface area contributed by atoms with Gasteiger partial charge in [0.2, 0.25) is 5.91 Å². The highest BCUT2D eigenvalue weighted by Gasteiger charge is 2.08. The summed E-state index contributed by atoms with van der Waals surface area (Å²) in [5, 5.41) is 16.2. The Kier molecular flexibility index (Phi) is 6.94. The number of nitro benzene ring substituents is 1. The molecule has 0 bridgehead atoms. The number of hydrogen-bond donors (Lipinski definition) is 2. The molecule has 0 aliphatic rings. The molecular formula is C19H18N4O4S. The van der Waals surface area contributed by atoms with Crippen molar-refractivity contribution in [3.05, 3.63) is 75.8 Å². The maximum absolute atomic E-state index is 11.9. The van der Waals surface area contributed by atoms with E-state index >= 15 is 0 Å². The van der Waals surface area contributed by atoms with Gasteiger partial charge in [-0.1, -0.05) is 12.1 Å². The number of rotatable bonds is 5. The largest absolute Gasteiger partial charge is 0.345 e. The van der Waals surface area contributed by atoms with Crippen molar-refractivity contribution in [3.63, 3.8) is 0 Å². The van der Waals surface area contributed by atoms with Gasteiger partial charge in [-0.2, -0.15) is 0 Å². The fraction of sp³-hybridized carbons (Fsp3) is 0.105. The lowest BCUT2D eigenvalue weighted by atomic mass is 10.2. The van der Waals surface area contributed by atoms with Gasteiger partial charge in [0.15, 0.2) is 5.11 Å². The first-order valence-corrected chi connectivity index (χ1v) is 8.53. The zero-order valence-electron chi connectivity index (χ0n) is 15.2. The molecule has 0 atom stereocenters. The van der Waals surface area contributed by atoms with Gasteiger partial charge in [-0.05, 0) is 48.1 Å². The lowest BCUT2D eigenvalue weighted by Gasteiger charge is -2.11. The number of non-ortho nitro benzene ring substituents is 1. The summed E-state index contributed by atoms with van der Waals surface area (Å²) >= 11 is 5.08. The quantitative estimate of drug-likeness (QED) is 0.347. The first kappa shape index (κ1) is 20.7. The van der Waals surface area contributed by atoms with E-state index < -0.39 is 10.8 Å². The summed E-state index contributed by atoms with van der Waals surface area (Å²) in [7, 11) is 3.33. The monoisotopic (exact) mass is 398 g/mol. The van der Waals surface area contributed by atoms with Gasteiger partial charge >= 0.3 is 0 Å². The molecule has 2 aromatic rings. The van der Waals surface area contributed by atoms with Crippen molar-refractivity contribution in [1.82, 2.24) is 10.2 Å². The second-order valence-electron chi connectivity index (χ2n) is 5.91. The molecule has 2 amide bonds. The minimum absolute atomic E-state index is 0.0593. The smallest absolute Gasteiger partial charge is 0.270 e. The highest BCUT2D eigenvalue weighted by molar-refractivity contribution is 7.80. The van der Waals surface area contributed by atoms with E-state index in [0.717, 1.165) is 0 Å². The van der Waals surface area contributed by atoms with Gasteiger partial charge < -0.3 is 10.2 Å². The summed E-state index contributed by atoms with van der Waals surface area (Å²) < 4.78 is 0. The Morgan fingerprint density at radius 2 is 1.82 bits per heavy atom. The number of nitrogens with zero attached hydrogens (tertiary/aromatic N) is 2. The van der Waals surface area contributed by atoms with Crippen LogP contribution in [-0.2, 0) is 4.79 Å². The van der Waals surface area contributed by atoms with Crippen LogP contribution in [-0.4, -0.2) is 40.8 Å². The maximum Gasteiger partial charge on any atom is 0.270 e. The highest BCUT2D eigenvalue weighted by Crippen LogP contribution is 2.14. The Hall–Kier alpha value is -3.59. The van der Waals surface area contributed by atoms with Crippen molar-refractivity contribution in [2.24, 2.45) is 0 Å². The van der Waals surface area contributed by atoms with Crippen LogP contribution in [0, 0.1) is 10.1 Å². The van der Waals surface area contributed by atoms with Crippen molar-refractivity contribution < 1.29 is 14.5 Å². The summed E-state index contributed by atoms with van der Waals surface area (Å²) in [6.45, 7) is 0. The van der Waals surface area contributed by atoms with Gasteiger partial charge in [0.05, 0.1) is 4.92 Å². The van der Waals surface area contributed by atoms with E-state index in [1.54, 1.807) is 44.4 Å². The summed E-state index contributed by atoms with van der Waals surface area (Å²) in [6, 6.07) is 12.6. The topological polar surface area (TPSA) is 105 Å². The Morgan fingerprint density at radius 3 is 2.43 bits per heavy atom. The van der Waals surface area contributed by atoms with Crippen molar-refractivity contribution >= 4 is 46.6 Å². The molecule has 28 heavy (non-hydrogen) atoms. The zero-order valence-corrected chi connectivity index (χ0v) is 16.0. The molecule has 8 nitrogen and oxygen atoms in total. The van der Waals surface area contributed by atoms with E-state index in [0.29, 0.717) is 16.8 Å². The molecule has 0 saturated carbocycles. The molecule has 0 aliphatic heterocycles. The molecule has 0 unspecified atom stereocenters. The second kappa shape index (κ2) is 9.38. The number of benzene rings is 2. The minimum atomic E-state index is -0.506. The summed E-state index contributed by atoms with van der Waals surface area (Å²) in [6.07, 6.45) is 2.68. The fourth-order valence-electron chi connectivity index (χ4n) is 2.18. The number of nitrogens with one attached hydrogen (secondary N) is 2. The van der Waals surface area contributed by atoms with E-state index in [2.05, 4.69) is 10.6 Å². The van der Waals surface area contributed by atoms with E-state index in [-0.39, 0.29) is 16.7 Å². The molecule has 0 radical (unpaired) electrons. The Labute approximate surface area is 167 Å². The summed E-state index contributed by atoms with van der Waals surface area (Å²) in [5.74, 6) is -0.600. The van der Waals surface area contributed by atoms with Crippen LogP contribution in [0.4, 0.5) is 11.4 Å². The van der Waals surface area contributed by atoms with Crippen LogP contribution in [0.1, 0.15) is 15.9 Å². The molecular weight excluding hydrogens is 380 g/mol. The number of hydrogen-bond acceptors (Lipinski definition) is 5. The van der Waals surface area contributed by atoms with Crippen molar-refractivity contribution in [3.8, 4) is 0 Å². The average molecular weight is 398 g/mol. The van der Waals surface area contributed by atoms with E-state index in [1.807, 2.05) is 0 Å². The average Bonchev–Trinajstić information content (AvgIpc) is 2.66. The maximum atomic E-state index is 11.9. The lowest BCUT2D eigenvalue weighted by Crippen LogP contribution is -2.32. The van der Waals surface area contributed by atoms with Crippen LogP contribution in [0.25, 0.3) is 6.08 Å². The number of carbonyl (C=O) groups is 2. The van der Waals surface area contributed by atoms with E-state index in [4.69, 9.17) is 12.2 Å². The lowest BCUT2D eigenvalue weighted by molar-refractivity contribution is -0.384. The molecule has 144 valence electrons. The Balaban J connectivity index is 1.92. The third-order valence-electron chi connectivity index (χ3n) is 3.54. The first-order valence-electron chi connectivity index (χ1n) is 8.12. The van der Waals surface area contributed by atoms with Crippen molar-refractivity contribution in [2.75, 3.05) is 19.4 Å². The van der Waals surface area contributed by atoms with Gasteiger partial charge in [-0.15, -0.1) is 0 Å². The molecule has 0 heterocycles. The predicted molar refractivity (Wildman–Crippen MR) is 111 cm³/mol. The van der Waals surface area contributed by atoms with Crippen LogP contribution in [0.3, 0.4) is 0 Å². The molecule has 2 N–H and O–H groups in total. The van der Waals surface area contributed by atoms with Crippen LogP contribution in [0.2, 0.25) is 0 Å². The third-order valence-corrected chi connectivity index (χ3v) is 3.74. The van der Waals surface area contributed by atoms with Gasteiger partial charge in [0, 0.05) is 43.6 Å². The van der Waals surface area contributed by atoms with Crippen LogP contribution < -0.4 is 10.6 Å². The number of carbonyl (C=O) groups excluding carboxylic acids is 2. The normalized spacial score (nSPS) is 10.4. The number of nitro groups is 1. The number of anilines is 1. The highest BCUT2D eigenvalue weighted by atomic mass is 32.1. The van der Waals surface area contributed by atoms with Crippen molar-refractivity contribution in [2.45, 2.75) is 0 Å². The molecule has 0 saturated heterocycles. The SMILES string of the molecule is CN(C)C(=O)c1ccc(NC(=S)NC(=O)/C=C/c2cccc([N+](=O)[O-])c2)cc1. The van der Waals surface area contributed by atoms with Crippen LogP contribution >= 0.6 is 12.2 Å². The molecule has 0 aliphatic carbocycles.